The van der Waals surface area contributed by atoms with Gasteiger partial charge in [-0.3, -0.25) is 9.97 Å². The first-order chi connectivity index (χ1) is 41.9. The van der Waals surface area contributed by atoms with Gasteiger partial charge in [-0.25, -0.2) is 9.98 Å². The van der Waals surface area contributed by atoms with Crippen molar-refractivity contribution in [2.45, 2.75) is 18.6 Å². The topological polar surface area (TPSA) is 106 Å². The molecule has 2 aliphatic rings. The van der Waals surface area contributed by atoms with Crippen LogP contribution in [-0.4, -0.2) is 26.9 Å². The first kappa shape index (κ1) is 47.3. The number of allylic oxidation sites excluding steroid dienone is 1. The lowest BCUT2D eigenvalue weighted by Gasteiger charge is -2.27. The summed E-state index contributed by atoms with van der Waals surface area (Å²) in [6, 6.07) is 75.0. The van der Waals surface area contributed by atoms with E-state index in [1.807, 2.05) is 74.2 Å². The maximum atomic E-state index is 7.02. The van der Waals surface area contributed by atoms with Crippen LogP contribution in [0.1, 0.15) is 18.4 Å². The molecule has 2 atom stereocenters. The third-order valence-corrected chi connectivity index (χ3v) is 17.4. The van der Waals surface area contributed by atoms with Crippen LogP contribution in [0.2, 0.25) is 0 Å². The summed E-state index contributed by atoms with van der Waals surface area (Å²) in [4.78, 5) is 23.8. The van der Waals surface area contributed by atoms with Crippen molar-refractivity contribution in [2.24, 2.45) is 4.99 Å². The maximum absolute atomic E-state index is 7.02. The quantitative estimate of drug-likeness (QED) is 0.138. The van der Waals surface area contributed by atoms with E-state index in [2.05, 4.69) is 197 Å². The van der Waals surface area contributed by atoms with Crippen molar-refractivity contribution >= 4 is 139 Å². The van der Waals surface area contributed by atoms with Gasteiger partial charge in [0.05, 0.1) is 23.5 Å². The lowest BCUT2D eigenvalue weighted by atomic mass is 9.90. The second-order valence-corrected chi connectivity index (χ2v) is 22.3. The fourth-order valence-electron chi connectivity index (χ4n) is 13.3. The van der Waals surface area contributed by atoms with Gasteiger partial charge in [0.2, 0.25) is 11.4 Å². The second-order valence-electron chi connectivity index (χ2n) is 22.3. The number of benzene rings is 10. The molecule has 0 N–H and O–H groups in total. The monoisotopic (exact) mass is 1090 g/mol. The molecular weight excluding hydrogens is 1050 g/mol. The number of pyridine rings is 3. The summed E-state index contributed by atoms with van der Waals surface area (Å²) in [6.45, 7) is 2.05. The number of furan rings is 3. The second kappa shape index (κ2) is 18.1. The average Bonchev–Trinajstić information content (AvgIpc) is 2.30. The minimum absolute atomic E-state index is 0.0491. The van der Waals surface area contributed by atoms with E-state index in [0.29, 0.717) is 11.3 Å². The highest BCUT2D eigenvalue weighted by Gasteiger charge is 2.44. The summed E-state index contributed by atoms with van der Waals surface area (Å²) in [6.07, 6.45) is 13.5. The Balaban J connectivity index is 0.790. The first-order valence-electron chi connectivity index (χ1n) is 28.5. The zero-order valence-corrected chi connectivity index (χ0v) is 45.6. The van der Waals surface area contributed by atoms with Crippen LogP contribution in [0.4, 0.5) is 34.1 Å². The fraction of sp³-hybridized carbons (Fsp3) is 0.0400. The largest absolute Gasteiger partial charge is 0.465 e. The predicted octanol–water partition coefficient (Wildman–Crippen LogP) is 20.1. The van der Waals surface area contributed by atoms with Crippen LogP contribution in [0.3, 0.4) is 0 Å². The van der Waals surface area contributed by atoms with Crippen molar-refractivity contribution in [3.05, 3.63) is 255 Å². The third kappa shape index (κ3) is 7.31. The Hall–Kier alpha value is -11.4. The number of hydrogen-bond acceptors (Lipinski definition) is 10. The van der Waals surface area contributed by atoms with E-state index in [-0.39, 0.29) is 5.92 Å². The molecular formula is C75H46N6O4. The molecule has 85 heavy (non-hydrogen) atoms. The van der Waals surface area contributed by atoms with Gasteiger partial charge in [-0.05, 0) is 171 Å². The highest BCUT2D eigenvalue weighted by Crippen LogP contribution is 2.52. The van der Waals surface area contributed by atoms with E-state index in [4.69, 9.17) is 32.9 Å². The van der Waals surface area contributed by atoms with Gasteiger partial charge >= 0.3 is 0 Å². The number of aliphatic imine (C=N–C) groups is 1. The van der Waals surface area contributed by atoms with Gasteiger partial charge in [0.25, 0.3) is 0 Å². The summed E-state index contributed by atoms with van der Waals surface area (Å²) in [5, 5.41) is 11.4. The highest BCUT2D eigenvalue weighted by molar-refractivity contribution is 6.18. The van der Waals surface area contributed by atoms with E-state index in [9.17, 15) is 0 Å². The van der Waals surface area contributed by atoms with Gasteiger partial charge < -0.3 is 27.8 Å². The number of aromatic nitrogens is 3. The molecule has 18 rings (SSSR count). The molecule has 8 heterocycles. The summed E-state index contributed by atoms with van der Waals surface area (Å²) in [7, 11) is 0. The average molecular weight is 1100 g/mol. The van der Waals surface area contributed by atoms with Crippen LogP contribution in [0.25, 0.3) is 121 Å². The van der Waals surface area contributed by atoms with Crippen molar-refractivity contribution in [2.75, 3.05) is 9.80 Å². The Kier molecular flexibility index (Phi) is 10.1. The van der Waals surface area contributed by atoms with Gasteiger partial charge in [0, 0.05) is 79.7 Å². The fourth-order valence-corrected chi connectivity index (χ4v) is 13.3. The highest BCUT2D eigenvalue weighted by atomic mass is 16.5. The van der Waals surface area contributed by atoms with E-state index in [0.717, 1.165) is 144 Å². The van der Waals surface area contributed by atoms with E-state index >= 15 is 0 Å². The number of rotatable bonds is 8. The standard InChI is InChI=1S/C75H46N6O4/c1-75-63(17-10-33-79-75)61-41-52(26-30-70(61)85-75)80(51-24-21-46-35-45(19-20-48(46)37-51)44-11-3-2-4-12-44)66-43-76-42-62-59-38-49(23-28-68(59)82-72(62)66)47-22-27-54-50(36-47)39-65(56-14-6-5-13-55(54)56)81(53-25-29-69-60(40-53)57-16-9-32-78-74(57)84-69)64-31-34-77-71-58-15-7-8-18-67(58)83-73(64)71/h2-43,63H,1H3. The summed E-state index contributed by atoms with van der Waals surface area (Å²) in [5.41, 5.74) is 15.4. The molecule has 0 spiro atoms. The molecule has 6 aromatic heterocycles. The lowest BCUT2D eigenvalue weighted by Crippen LogP contribution is -2.32. The number of para-hydroxylation sites is 1. The van der Waals surface area contributed by atoms with Gasteiger partial charge in [0.1, 0.15) is 33.7 Å². The Bertz CT molecular complexity index is 5550. The summed E-state index contributed by atoms with van der Waals surface area (Å²) >= 11 is 0. The molecule has 2 aliphatic heterocycles. The Labute approximate surface area is 485 Å². The van der Waals surface area contributed by atoms with Gasteiger partial charge in [-0.2, -0.15) is 0 Å². The van der Waals surface area contributed by atoms with Gasteiger partial charge in [-0.1, -0.05) is 109 Å². The molecule has 10 aromatic carbocycles. The van der Waals surface area contributed by atoms with E-state index < -0.39 is 5.72 Å². The summed E-state index contributed by atoms with van der Waals surface area (Å²) < 4.78 is 26.6. The lowest BCUT2D eigenvalue weighted by molar-refractivity contribution is 0.112. The van der Waals surface area contributed by atoms with E-state index in [1.165, 1.54) is 11.1 Å². The molecule has 0 bridgehead atoms. The molecule has 0 amide bonds. The molecule has 0 aliphatic carbocycles. The number of anilines is 6. The molecule has 0 saturated heterocycles. The minimum atomic E-state index is -0.715. The van der Waals surface area contributed by atoms with Crippen LogP contribution in [-0.2, 0) is 0 Å². The molecule has 0 fully saturated rings. The van der Waals surface area contributed by atoms with Crippen molar-refractivity contribution < 1.29 is 18.0 Å². The maximum Gasteiger partial charge on any atom is 0.227 e. The van der Waals surface area contributed by atoms with Crippen LogP contribution in [0, 0.1) is 0 Å². The van der Waals surface area contributed by atoms with E-state index in [1.54, 1.807) is 6.20 Å². The Morgan fingerprint density at radius 3 is 2.06 bits per heavy atom. The smallest absolute Gasteiger partial charge is 0.227 e. The molecule has 10 heteroatoms. The first-order valence-corrected chi connectivity index (χ1v) is 28.5. The molecule has 16 aromatic rings. The number of fused-ring (bicyclic) bond motifs is 16. The molecule has 2 unspecified atom stereocenters. The Morgan fingerprint density at radius 2 is 1.12 bits per heavy atom. The number of nitrogens with zero attached hydrogens (tertiary/aromatic N) is 6. The predicted molar refractivity (Wildman–Crippen MR) is 344 cm³/mol. The SMILES string of the molecule is CC12N=CC=CC1c1cc(N(c3ccc4cc(-c5ccccc5)ccc4c3)c3cncc4c3oc3ccc(-c5ccc6c(c5)cc(N(c5ccc7oc8ncccc8c7c5)c5ccnc7c5oc5ccccc57)c5ccccc56)cc34)ccc1O2. The third-order valence-electron chi connectivity index (χ3n) is 17.4. The number of hydrogen-bond donors (Lipinski definition) is 0. The van der Waals surface area contributed by atoms with Gasteiger partial charge in [0.15, 0.2) is 11.2 Å². The Morgan fingerprint density at radius 1 is 0.424 bits per heavy atom. The van der Waals surface area contributed by atoms with Crippen molar-refractivity contribution in [1.82, 2.24) is 15.0 Å². The number of ether oxygens (including phenoxy) is 1. The number of dihydropyridines is 1. The van der Waals surface area contributed by atoms with Crippen molar-refractivity contribution in [3.8, 4) is 28.0 Å². The molecule has 0 radical (unpaired) electrons. The van der Waals surface area contributed by atoms with Crippen LogP contribution in [0.5, 0.6) is 5.75 Å². The van der Waals surface area contributed by atoms with Crippen molar-refractivity contribution in [1.29, 1.82) is 0 Å². The van der Waals surface area contributed by atoms with Crippen LogP contribution >= 0.6 is 0 Å². The van der Waals surface area contributed by atoms with Crippen LogP contribution in [0.15, 0.2) is 268 Å². The normalized spacial score (nSPS) is 15.5. The molecule has 10 nitrogen and oxygen atoms in total. The van der Waals surface area contributed by atoms with Gasteiger partial charge in [-0.15, -0.1) is 0 Å². The molecule has 400 valence electrons. The van der Waals surface area contributed by atoms with Crippen molar-refractivity contribution in [3.63, 3.8) is 0 Å². The molecule has 0 saturated carbocycles. The zero-order valence-electron chi connectivity index (χ0n) is 45.6. The van der Waals surface area contributed by atoms with Crippen LogP contribution < -0.4 is 14.5 Å². The summed E-state index contributed by atoms with van der Waals surface area (Å²) in [5.74, 6) is 0.777. The minimum Gasteiger partial charge on any atom is -0.465 e. The zero-order chi connectivity index (χ0) is 55.9.